The van der Waals surface area contributed by atoms with Crippen LogP contribution in [0.25, 0.3) is 10.9 Å². The number of hydrogen-bond acceptors (Lipinski definition) is 3. The maximum absolute atomic E-state index is 12.3. The molecule has 1 aromatic carbocycles. The fourth-order valence-corrected chi connectivity index (χ4v) is 2.10. The van der Waals surface area contributed by atoms with Crippen molar-refractivity contribution in [1.82, 2.24) is 9.97 Å². The SMILES string of the molecule is O=C(O)c1ccnc(NC(=O)c2cccc3[nH]ccc23)c1. The van der Waals surface area contributed by atoms with Crippen LogP contribution in [0, 0.1) is 0 Å². The number of H-pyrrole nitrogens is 1. The van der Waals surface area contributed by atoms with Crippen molar-refractivity contribution >= 4 is 28.6 Å². The van der Waals surface area contributed by atoms with Crippen LogP contribution < -0.4 is 5.32 Å². The summed E-state index contributed by atoms with van der Waals surface area (Å²) in [5.41, 5.74) is 1.42. The number of aromatic amines is 1. The number of nitrogens with one attached hydrogen (secondary N) is 2. The first kappa shape index (κ1) is 12.9. The number of carboxylic acid groups (broad SMARTS) is 1. The minimum absolute atomic E-state index is 0.0696. The normalized spacial score (nSPS) is 10.5. The molecule has 0 spiro atoms. The molecule has 3 aromatic rings. The Labute approximate surface area is 119 Å². The standard InChI is InChI=1S/C15H11N3O3/c19-14(11-2-1-3-12-10(11)5-7-16-12)18-13-8-9(15(20)21)4-6-17-13/h1-8,16H,(H,20,21)(H,17,18,19). The third-order valence-corrected chi connectivity index (χ3v) is 3.09. The van der Waals surface area contributed by atoms with Crippen LogP contribution in [0.2, 0.25) is 0 Å². The maximum atomic E-state index is 12.3. The number of amides is 1. The van der Waals surface area contributed by atoms with Crippen molar-refractivity contribution in [3.05, 3.63) is 59.9 Å². The van der Waals surface area contributed by atoms with Gasteiger partial charge < -0.3 is 15.4 Å². The van der Waals surface area contributed by atoms with Crippen LogP contribution in [-0.4, -0.2) is 27.0 Å². The first-order chi connectivity index (χ1) is 10.1. The molecule has 0 saturated carbocycles. The van der Waals surface area contributed by atoms with Gasteiger partial charge in [0, 0.05) is 28.9 Å². The number of nitrogens with zero attached hydrogens (tertiary/aromatic N) is 1. The highest BCUT2D eigenvalue weighted by atomic mass is 16.4. The van der Waals surface area contributed by atoms with E-state index in [9.17, 15) is 9.59 Å². The van der Waals surface area contributed by atoms with E-state index < -0.39 is 5.97 Å². The van der Waals surface area contributed by atoms with Gasteiger partial charge in [-0.25, -0.2) is 9.78 Å². The first-order valence-corrected chi connectivity index (χ1v) is 6.22. The number of fused-ring (bicyclic) bond motifs is 1. The largest absolute Gasteiger partial charge is 0.478 e. The molecule has 0 saturated heterocycles. The number of aromatic carboxylic acids is 1. The Morgan fingerprint density at radius 3 is 2.86 bits per heavy atom. The molecule has 0 radical (unpaired) electrons. The lowest BCUT2D eigenvalue weighted by Gasteiger charge is -2.06. The van der Waals surface area contributed by atoms with E-state index in [1.54, 1.807) is 18.3 Å². The molecule has 0 bridgehead atoms. The summed E-state index contributed by atoms with van der Waals surface area (Å²) in [5, 5.41) is 12.3. The predicted molar refractivity (Wildman–Crippen MR) is 77.4 cm³/mol. The van der Waals surface area contributed by atoms with Gasteiger partial charge in [0.15, 0.2) is 0 Å². The van der Waals surface area contributed by atoms with Crippen LogP contribution in [0.5, 0.6) is 0 Å². The molecule has 0 unspecified atom stereocenters. The van der Waals surface area contributed by atoms with Crippen LogP contribution in [-0.2, 0) is 0 Å². The van der Waals surface area contributed by atoms with E-state index in [1.165, 1.54) is 18.3 Å². The molecule has 0 aliphatic heterocycles. The van der Waals surface area contributed by atoms with Crippen molar-refractivity contribution < 1.29 is 14.7 Å². The Kier molecular flexibility index (Phi) is 3.12. The molecular formula is C15H11N3O3. The van der Waals surface area contributed by atoms with Gasteiger partial charge in [-0.1, -0.05) is 6.07 Å². The third kappa shape index (κ3) is 2.46. The van der Waals surface area contributed by atoms with Crippen LogP contribution in [0.15, 0.2) is 48.8 Å². The fourth-order valence-electron chi connectivity index (χ4n) is 2.10. The summed E-state index contributed by atoms with van der Waals surface area (Å²) >= 11 is 0. The maximum Gasteiger partial charge on any atom is 0.335 e. The van der Waals surface area contributed by atoms with E-state index in [0.29, 0.717) is 5.56 Å². The molecule has 104 valence electrons. The summed E-state index contributed by atoms with van der Waals surface area (Å²) < 4.78 is 0. The van der Waals surface area contributed by atoms with Gasteiger partial charge in [-0.05, 0) is 30.3 Å². The zero-order valence-corrected chi connectivity index (χ0v) is 10.8. The molecule has 6 heteroatoms. The number of rotatable bonds is 3. The monoisotopic (exact) mass is 281 g/mol. The van der Waals surface area contributed by atoms with E-state index in [4.69, 9.17) is 5.11 Å². The van der Waals surface area contributed by atoms with E-state index in [-0.39, 0.29) is 17.3 Å². The minimum Gasteiger partial charge on any atom is -0.478 e. The highest BCUT2D eigenvalue weighted by Crippen LogP contribution is 2.18. The summed E-state index contributed by atoms with van der Waals surface area (Å²) in [6.07, 6.45) is 3.10. The Hall–Kier alpha value is -3.15. The Morgan fingerprint density at radius 1 is 1.19 bits per heavy atom. The number of hydrogen-bond donors (Lipinski definition) is 3. The Morgan fingerprint density at radius 2 is 2.05 bits per heavy atom. The number of carbonyl (C=O) groups is 2. The summed E-state index contributed by atoms with van der Waals surface area (Å²) in [4.78, 5) is 30.2. The Balaban J connectivity index is 1.91. The summed E-state index contributed by atoms with van der Waals surface area (Å²) in [6, 6.07) is 9.84. The molecule has 0 fully saturated rings. The van der Waals surface area contributed by atoms with Gasteiger partial charge in [0.2, 0.25) is 0 Å². The van der Waals surface area contributed by atoms with Crippen LogP contribution >= 0.6 is 0 Å². The quantitative estimate of drug-likeness (QED) is 0.687. The molecule has 0 atom stereocenters. The second kappa shape index (κ2) is 5.09. The number of anilines is 1. The van der Waals surface area contributed by atoms with E-state index in [0.717, 1.165) is 10.9 Å². The predicted octanol–water partition coefficient (Wildman–Crippen LogP) is 2.51. The van der Waals surface area contributed by atoms with Crippen LogP contribution in [0.1, 0.15) is 20.7 Å². The molecular weight excluding hydrogens is 270 g/mol. The highest BCUT2D eigenvalue weighted by Gasteiger charge is 2.12. The van der Waals surface area contributed by atoms with Gasteiger partial charge in [0.05, 0.1) is 5.56 Å². The summed E-state index contributed by atoms with van der Waals surface area (Å²) in [6.45, 7) is 0. The molecule has 3 rings (SSSR count). The van der Waals surface area contributed by atoms with Gasteiger partial charge in [-0.2, -0.15) is 0 Å². The van der Waals surface area contributed by atoms with Crippen LogP contribution in [0.4, 0.5) is 5.82 Å². The van der Waals surface area contributed by atoms with Crippen molar-refractivity contribution in [2.75, 3.05) is 5.32 Å². The van der Waals surface area contributed by atoms with E-state index in [1.807, 2.05) is 12.1 Å². The average Bonchev–Trinajstić information content (AvgIpc) is 2.95. The zero-order chi connectivity index (χ0) is 14.8. The van der Waals surface area contributed by atoms with Gasteiger partial charge in [0.25, 0.3) is 5.91 Å². The molecule has 21 heavy (non-hydrogen) atoms. The lowest BCUT2D eigenvalue weighted by Crippen LogP contribution is -2.13. The van der Waals surface area contributed by atoms with E-state index in [2.05, 4.69) is 15.3 Å². The van der Waals surface area contributed by atoms with Crippen molar-refractivity contribution in [1.29, 1.82) is 0 Å². The molecule has 0 aliphatic rings. The molecule has 1 amide bonds. The van der Waals surface area contributed by atoms with Crippen molar-refractivity contribution in [2.45, 2.75) is 0 Å². The highest BCUT2D eigenvalue weighted by molar-refractivity contribution is 6.12. The van der Waals surface area contributed by atoms with Crippen molar-refractivity contribution in [3.63, 3.8) is 0 Å². The zero-order valence-electron chi connectivity index (χ0n) is 10.8. The third-order valence-electron chi connectivity index (χ3n) is 3.09. The second-order valence-corrected chi connectivity index (χ2v) is 4.43. The van der Waals surface area contributed by atoms with Gasteiger partial charge in [-0.15, -0.1) is 0 Å². The second-order valence-electron chi connectivity index (χ2n) is 4.43. The number of aromatic nitrogens is 2. The molecule has 6 nitrogen and oxygen atoms in total. The molecule has 2 heterocycles. The van der Waals surface area contributed by atoms with Gasteiger partial charge in [-0.3, -0.25) is 4.79 Å². The van der Waals surface area contributed by atoms with E-state index >= 15 is 0 Å². The summed E-state index contributed by atoms with van der Waals surface area (Å²) in [5.74, 6) is -1.21. The number of carboxylic acids is 1. The van der Waals surface area contributed by atoms with Gasteiger partial charge in [0.1, 0.15) is 5.82 Å². The van der Waals surface area contributed by atoms with Crippen molar-refractivity contribution in [3.8, 4) is 0 Å². The minimum atomic E-state index is -1.07. The number of carbonyl (C=O) groups excluding carboxylic acids is 1. The smallest absolute Gasteiger partial charge is 0.335 e. The van der Waals surface area contributed by atoms with Crippen LogP contribution in [0.3, 0.4) is 0 Å². The molecule has 2 aromatic heterocycles. The number of benzene rings is 1. The lowest BCUT2D eigenvalue weighted by molar-refractivity contribution is 0.0696. The fraction of sp³-hybridized carbons (Fsp3) is 0. The first-order valence-electron chi connectivity index (χ1n) is 6.22. The summed E-state index contributed by atoms with van der Waals surface area (Å²) in [7, 11) is 0. The van der Waals surface area contributed by atoms with Crippen molar-refractivity contribution in [2.24, 2.45) is 0 Å². The average molecular weight is 281 g/mol. The lowest BCUT2D eigenvalue weighted by atomic mass is 10.1. The number of pyridine rings is 1. The molecule has 3 N–H and O–H groups in total. The Bertz CT molecular complexity index is 839. The topological polar surface area (TPSA) is 95.1 Å². The molecule has 0 aliphatic carbocycles. The van der Waals surface area contributed by atoms with Gasteiger partial charge >= 0.3 is 5.97 Å².